The van der Waals surface area contributed by atoms with Gasteiger partial charge in [-0.2, -0.15) is 4.98 Å². The maximum atomic E-state index is 5.55. The van der Waals surface area contributed by atoms with Crippen LogP contribution in [0.4, 0.5) is 5.82 Å². The Kier molecular flexibility index (Phi) is 6.43. The summed E-state index contributed by atoms with van der Waals surface area (Å²) in [5.74, 6) is 2.27. The second-order valence-electron chi connectivity index (χ2n) is 8.19. The van der Waals surface area contributed by atoms with Crippen molar-refractivity contribution in [3.8, 4) is 11.5 Å². The molecule has 4 rings (SSSR count). The first-order valence-corrected chi connectivity index (χ1v) is 11.0. The fraction of sp³-hybridized carbons (Fsp3) is 0.458. The van der Waals surface area contributed by atoms with Crippen molar-refractivity contribution in [1.29, 1.82) is 0 Å². The third-order valence-electron chi connectivity index (χ3n) is 5.75. The number of anilines is 1. The lowest BCUT2D eigenvalue weighted by Gasteiger charge is -2.24. The van der Waals surface area contributed by atoms with E-state index >= 15 is 0 Å². The third-order valence-corrected chi connectivity index (χ3v) is 5.75. The Morgan fingerprint density at radius 2 is 1.97 bits per heavy atom. The van der Waals surface area contributed by atoms with Crippen LogP contribution in [0.3, 0.4) is 0 Å². The van der Waals surface area contributed by atoms with Crippen molar-refractivity contribution >= 4 is 5.82 Å². The fourth-order valence-electron chi connectivity index (χ4n) is 4.06. The summed E-state index contributed by atoms with van der Waals surface area (Å²) in [5, 5.41) is 4.12. The van der Waals surface area contributed by atoms with Crippen molar-refractivity contribution < 1.29 is 4.52 Å². The number of benzene rings is 1. The highest BCUT2D eigenvalue weighted by atomic mass is 16.5. The summed E-state index contributed by atoms with van der Waals surface area (Å²) in [7, 11) is 0. The summed E-state index contributed by atoms with van der Waals surface area (Å²) < 4.78 is 5.55. The van der Waals surface area contributed by atoms with E-state index in [9.17, 15) is 0 Å². The van der Waals surface area contributed by atoms with Gasteiger partial charge in [0.25, 0.3) is 5.89 Å². The molecular weight excluding hydrogens is 374 g/mol. The largest absolute Gasteiger partial charge is 0.355 e. The van der Waals surface area contributed by atoms with Gasteiger partial charge in [0.15, 0.2) is 5.82 Å². The van der Waals surface area contributed by atoms with Gasteiger partial charge < -0.3 is 9.42 Å². The number of aryl methyl sites for hydroxylation is 3. The van der Waals surface area contributed by atoms with Crippen molar-refractivity contribution in [3.63, 3.8) is 0 Å². The fourth-order valence-corrected chi connectivity index (χ4v) is 4.06. The Hall–Kier alpha value is -2.73. The van der Waals surface area contributed by atoms with Gasteiger partial charge in [-0.3, -0.25) is 4.90 Å². The number of aromatic nitrogens is 3. The minimum Gasteiger partial charge on any atom is -0.355 e. The second kappa shape index (κ2) is 9.39. The molecule has 3 aromatic rings. The zero-order valence-electron chi connectivity index (χ0n) is 18.3. The minimum absolute atomic E-state index is 0.568. The van der Waals surface area contributed by atoms with Crippen LogP contribution in [0.5, 0.6) is 0 Å². The van der Waals surface area contributed by atoms with Crippen LogP contribution in [0.2, 0.25) is 0 Å². The van der Waals surface area contributed by atoms with E-state index in [2.05, 4.69) is 58.9 Å². The molecule has 2 aromatic heterocycles. The van der Waals surface area contributed by atoms with Crippen LogP contribution in [0.25, 0.3) is 11.5 Å². The lowest BCUT2D eigenvalue weighted by molar-refractivity contribution is 0.285. The van der Waals surface area contributed by atoms with Crippen LogP contribution < -0.4 is 4.90 Å². The van der Waals surface area contributed by atoms with Gasteiger partial charge in [0.05, 0.1) is 5.56 Å². The normalized spacial score (nSPS) is 15.4. The van der Waals surface area contributed by atoms with E-state index < -0.39 is 0 Å². The summed E-state index contributed by atoms with van der Waals surface area (Å²) >= 11 is 0. The van der Waals surface area contributed by atoms with E-state index in [-0.39, 0.29) is 0 Å². The minimum atomic E-state index is 0.568. The lowest BCUT2D eigenvalue weighted by Crippen LogP contribution is -2.31. The predicted octanol–water partition coefficient (Wildman–Crippen LogP) is 4.41. The molecule has 1 aliphatic heterocycles. The number of hydrogen-bond donors (Lipinski definition) is 0. The number of pyridine rings is 1. The van der Waals surface area contributed by atoms with E-state index in [1.165, 1.54) is 16.7 Å². The van der Waals surface area contributed by atoms with Gasteiger partial charge in [-0.1, -0.05) is 35.8 Å². The van der Waals surface area contributed by atoms with Crippen LogP contribution in [-0.4, -0.2) is 46.2 Å². The molecule has 0 atom stereocenters. The molecule has 0 amide bonds. The molecule has 0 saturated carbocycles. The molecule has 0 N–H and O–H groups in total. The van der Waals surface area contributed by atoms with Crippen LogP contribution >= 0.6 is 0 Å². The first kappa shape index (κ1) is 20.5. The Labute approximate surface area is 178 Å². The summed E-state index contributed by atoms with van der Waals surface area (Å²) in [6, 6.07) is 10.7. The summed E-state index contributed by atoms with van der Waals surface area (Å²) in [5.41, 5.74) is 5.05. The number of nitrogens with zero attached hydrogens (tertiary/aromatic N) is 5. The van der Waals surface area contributed by atoms with E-state index in [4.69, 9.17) is 9.51 Å². The van der Waals surface area contributed by atoms with Gasteiger partial charge in [0.1, 0.15) is 5.82 Å². The number of rotatable bonds is 6. The quantitative estimate of drug-likeness (QED) is 0.605. The van der Waals surface area contributed by atoms with Gasteiger partial charge in [0.2, 0.25) is 0 Å². The summed E-state index contributed by atoms with van der Waals surface area (Å²) in [6.07, 6.45) is 4.78. The molecule has 0 spiro atoms. The molecule has 1 aliphatic rings. The SMILES string of the molecule is CCCc1noc(-c2cccnc2N2CCCN(Cc3cc(C)ccc3C)CC2)n1. The highest BCUT2D eigenvalue weighted by Gasteiger charge is 2.21. The highest BCUT2D eigenvalue weighted by Crippen LogP contribution is 2.28. The Morgan fingerprint density at radius 1 is 1.07 bits per heavy atom. The molecule has 3 heterocycles. The van der Waals surface area contributed by atoms with Crippen molar-refractivity contribution in [2.45, 2.75) is 46.6 Å². The topological polar surface area (TPSA) is 58.3 Å². The third kappa shape index (κ3) is 4.70. The Bertz CT molecular complexity index is 983. The van der Waals surface area contributed by atoms with Crippen molar-refractivity contribution in [2.75, 3.05) is 31.1 Å². The first-order chi connectivity index (χ1) is 14.6. The molecule has 6 nitrogen and oxygen atoms in total. The van der Waals surface area contributed by atoms with E-state index in [1.54, 1.807) is 0 Å². The maximum Gasteiger partial charge on any atom is 0.261 e. The first-order valence-electron chi connectivity index (χ1n) is 11.0. The maximum absolute atomic E-state index is 5.55. The molecule has 0 unspecified atom stereocenters. The summed E-state index contributed by atoms with van der Waals surface area (Å²) in [6.45, 7) is 11.5. The molecule has 0 bridgehead atoms. The van der Waals surface area contributed by atoms with Crippen molar-refractivity contribution in [1.82, 2.24) is 20.0 Å². The van der Waals surface area contributed by atoms with Gasteiger partial charge in [-0.05, 0) is 49.9 Å². The molecule has 1 saturated heterocycles. The van der Waals surface area contributed by atoms with Gasteiger partial charge >= 0.3 is 0 Å². The average molecular weight is 406 g/mol. The molecule has 30 heavy (non-hydrogen) atoms. The molecule has 1 aromatic carbocycles. The molecule has 0 radical (unpaired) electrons. The Balaban J connectivity index is 1.49. The molecular formula is C24H31N5O. The monoisotopic (exact) mass is 405 g/mol. The molecule has 1 fully saturated rings. The standard InChI is InChI=1S/C24H31N5O/c1-4-7-22-26-24(30-27-22)21-8-5-11-25-23(21)29-13-6-12-28(14-15-29)17-20-16-18(2)9-10-19(20)3/h5,8-11,16H,4,6-7,12-15,17H2,1-3H3. The molecule has 158 valence electrons. The summed E-state index contributed by atoms with van der Waals surface area (Å²) in [4.78, 5) is 14.2. The zero-order chi connectivity index (χ0) is 20.9. The average Bonchev–Trinajstić information content (AvgIpc) is 3.09. The van der Waals surface area contributed by atoms with E-state index in [0.717, 1.165) is 69.2 Å². The second-order valence-corrected chi connectivity index (χ2v) is 8.19. The lowest BCUT2D eigenvalue weighted by atomic mass is 10.1. The van der Waals surface area contributed by atoms with E-state index in [0.29, 0.717) is 5.89 Å². The van der Waals surface area contributed by atoms with Gasteiger partial charge in [-0.15, -0.1) is 0 Å². The van der Waals surface area contributed by atoms with Crippen molar-refractivity contribution in [3.05, 3.63) is 59.0 Å². The van der Waals surface area contributed by atoms with E-state index in [1.807, 2.05) is 18.3 Å². The Morgan fingerprint density at radius 3 is 2.83 bits per heavy atom. The van der Waals surface area contributed by atoms with Crippen LogP contribution in [0, 0.1) is 13.8 Å². The predicted molar refractivity (Wildman–Crippen MR) is 120 cm³/mol. The van der Waals surface area contributed by atoms with Crippen LogP contribution in [-0.2, 0) is 13.0 Å². The molecule has 0 aliphatic carbocycles. The van der Waals surface area contributed by atoms with Crippen LogP contribution in [0.1, 0.15) is 42.3 Å². The van der Waals surface area contributed by atoms with Gasteiger partial charge in [-0.25, -0.2) is 4.98 Å². The van der Waals surface area contributed by atoms with Crippen LogP contribution in [0.15, 0.2) is 41.1 Å². The highest BCUT2D eigenvalue weighted by molar-refractivity contribution is 5.69. The number of hydrogen-bond acceptors (Lipinski definition) is 6. The zero-order valence-corrected chi connectivity index (χ0v) is 18.3. The molecule has 6 heteroatoms. The van der Waals surface area contributed by atoms with Gasteiger partial charge in [0, 0.05) is 45.3 Å². The van der Waals surface area contributed by atoms with Crippen molar-refractivity contribution in [2.24, 2.45) is 0 Å². The smallest absolute Gasteiger partial charge is 0.261 e.